The van der Waals surface area contributed by atoms with Crippen molar-refractivity contribution in [3.05, 3.63) is 22.5 Å². The van der Waals surface area contributed by atoms with Crippen molar-refractivity contribution in [2.24, 2.45) is 0 Å². The minimum atomic E-state index is -0.194. The molecule has 1 aliphatic carbocycles. The number of carbonyl (C=O) groups is 1. The monoisotopic (exact) mass is 473 g/mol. The molecule has 4 heterocycles. The molecule has 1 unspecified atom stereocenters. The Labute approximate surface area is 183 Å². The van der Waals surface area contributed by atoms with E-state index in [1.807, 2.05) is 6.07 Å². The quantitative estimate of drug-likeness (QED) is 0.705. The number of hydrogen-bond donors (Lipinski definition) is 2. The smallest absolute Gasteiger partial charge is 0.246 e. The number of amides is 1. The van der Waals surface area contributed by atoms with E-state index in [0.717, 1.165) is 60.9 Å². The number of ether oxygens (including phenoxy) is 1. The number of morpholine rings is 1. The van der Waals surface area contributed by atoms with E-state index in [1.165, 1.54) is 0 Å². The number of pyridine rings is 1. The summed E-state index contributed by atoms with van der Waals surface area (Å²) in [6.45, 7) is 2.75. The number of rotatable bonds is 3. The van der Waals surface area contributed by atoms with Crippen LogP contribution in [-0.2, 0) is 9.53 Å². The number of nitrogens with zero attached hydrogens (tertiary/aromatic N) is 3. The number of carbonyl (C=O) groups excluding carboxylic acids is 1. The Hall–Kier alpha value is -2.15. The minimum Gasteiger partial charge on any atom is -0.444 e. The van der Waals surface area contributed by atoms with E-state index in [4.69, 9.17) is 14.4 Å². The van der Waals surface area contributed by atoms with Gasteiger partial charge in [-0.05, 0) is 48.0 Å². The molecule has 3 fully saturated rings. The van der Waals surface area contributed by atoms with Crippen molar-refractivity contribution in [2.45, 2.75) is 49.8 Å². The molecule has 2 aromatic heterocycles. The highest BCUT2D eigenvalue weighted by Crippen LogP contribution is 2.35. The standard InChI is InChI=1S/C21H24BrN5O3/c22-19-16-7-15(8-23)30-17(16)9-24-20(19)26-13-1-3-14(4-2-13)27-6-5-21(12-27)11-25-18(28)10-29-21/h7,9,13-14H,1-6,10-12H2,(H,24,26)(H,25,28). The summed E-state index contributed by atoms with van der Waals surface area (Å²) in [6.07, 6.45) is 7.06. The lowest BCUT2D eigenvalue weighted by atomic mass is 9.90. The summed E-state index contributed by atoms with van der Waals surface area (Å²) in [5.74, 6) is 1.07. The van der Waals surface area contributed by atoms with Gasteiger partial charge in [0.1, 0.15) is 18.5 Å². The number of halogens is 1. The third-order valence-electron chi connectivity index (χ3n) is 6.64. The van der Waals surface area contributed by atoms with Crippen LogP contribution in [0.1, 0.15) is 37.9 Å². The fourth-order valence-corrected chi connectivity index (χ4v) is 5.47. The van der Waals surface area contributed by atoms with Gasteiger partial charge in [0.2, 0.25) is 11.7 Å². The molecule has 8 nitrogen and oxygen atoms in total. The molecule has 2 N–H and O–H groups in total. The number of aromatic nitrogens is 1. The lowest BCUT2D eigenvalue weighted by Crippen LogP contribution is -2.54. The molecule has 2 saturated heterocycles. The predicted molar refractivity (Wildman–Crippen MR) is 114 cm³/mol. The lowest BCUT2D eigenvalue weighted by Gasteiger charge is -2.37. The fraction of sp³-hybridized carbons (Fsp3) is 0.571. The molecule has 30 heavy (non-hydrogen) atoms. The molecule has 5 rings (SSSR count). The average molecular weight is 474 g/mol. The normalized spacial score (nSPS) is 29.8. The Kier molecular flexibility index (Phi) is 5.17. The summed E-state index contributed by atoms with van der Waals surface area (Å²) in [6, 6.07) is 4.70. The lowest BCUT2D eigenvalue weighted by molar-refractivity contribution is -0.142. The van der Waals surface area contributed by atoms with E-state index in [-0.39, 0.29) is 23.9 Å². The van der Waals surface area contributed by atoms with E-state index in [0.29, 0.717) is 24.2 Å². The van der Waals surface area contributed by atoms with E-state index in [9.17, 15) is 4.79 Å². The first-order chi connectivity index (χ1) is 14.5. The SMILES string of the molecule is N#Cc1cc2c(Br)c(NC3CCC(N4CCC5(CNC(=O)CO5)C4)CC3)ncc2o1. The van der Waals surface area contributed by atoms with Gasteiger partial charge >= 0.3 is 0 Å². The Morgan fingerprint density at radius 1 is 1.37 bits per heavy atom. The molecular weight excluding hydrogens is 450 g/mol. The second kappa shape index (κ2) is 7.84. The van der Waals surface area contributed by atoms with Crippen molar-refractivity contribution in [2.75, 3.05) is 31.6 Å². The van der Waals surface area contributed by atoms with Gasteiger partial charge in [0, 0.05) is 43.2 Å². The second-order valence-corrected chi connectivity index (χ2v) is 9.33. The third-order valence-corrected chi connectivity index (χ3v) is 7.45. The van der Waals surface area contributed by atoms with Crippen LogP contribution in [-0.4, -0.2) is 59.7 Å². The largest absolute Gasteiger partial charge is 0.444 e. The predicted octanol–water partition coefficient (Wildman–Crippen LogP) is 2.78. The number of furan rings is 1. The van der Waals surface area contributed by atoms with Gasteiger partial charge in [0.15, 0.2) is 5.58 Å². The summed E-state index contributed by atoms with van der Waals surface area (Å²) in [5.41, 5.74) is 0.414. The summed E-state index contributed by atoms with van der Waals surface area (Å²) < 4.78 is 12.2. The van der Waals surface area contributed by atoms with E-state index >= 15 is 0 Å². The van der Waals surface area contributed by atoms with Crippen LogP contribution in [0.4, 0.5) is 5.82 Å². The molecule has 2 aliphatic heterocycles. The maximum Gasteiger partial charge on any atom is 0.246 e. The number of likely N-dealkylation sites (tertiary alicyclic amines) is 1. The van der Waals surface area contributed by atoms with Gasteiger partial charge < -0.3 is 19.8 Å². The van der Waals surface area contributed by atoms with Gasteiger partial charge in [-0.25, -0.2) is 4.98 Å². The topological polar surface area (TPSA) is 103 Å². The highest BCUT2D eigenvalue weighted by atomic mass is 79.9. The molecule has 0 bridgehead atoms. The molecule has 1 atom stereocenters. The zero-order valence-corrected chi connectivity index (χ0v) is 18.2. The summed E-state index contributed by atoms with van der Waals surface area (Å²) in [4.78, 5) is 18.4. The Bertz CT molecular complexity index is 998. The first-order valence-corrected chi connectivity index (χ1v) is 11.2. The van der Waals surface area contributed by atoms with Crippen molar-refractivity contribution in [1.29, 1.82) is 5.26 Å². The van der Waals surface area contributed by atoms with Crippen LogP contribution < -0.4 is 10.6 Å². The molecule has 1 saturated carbocycles. The first kappa shape index (κ1) is 19.8. The number of nitrogens with one attached hydrogen (secondary N) is 2. The van der Waals surface area contributed by atoms with Gasteiger partial charge in [0.05, 0.1) is 16.3 Å². The highest BCUT2D eigenvalue weighted by Gasteiger charge is 2.44. The maximum absolute atomic E-state index is 11.4. The van der Waals surface area contributed by atoms with Gasteiger partial charge in [-0.3, -0.25) is 9.69 Å². The van der Waals surface area contributed by atoms with Crippen LogP contribution in [0.15, 0.2) is 21.2 Å². The molecule has 2 aromatic rings. The summed E-state index contributed by atoms with van der Waals surface area (Å²) in [7, 11) is 0. The van der Waals surface area contributed by atoms with Crippen LogP contribution in [0.2, 0.25) is 0 Å². The zero-order valence-electron chi connectivity index (χ0n) is 16.6. The van der Waals surface area contributed by atoms with E-state index < -0.39 is 0 Å². The summed E-state index contributed by atoms with van der Waals surface area (Å²) in [5, 5.41) is 16.4. The Morgan fingerprint density at radius 3 is 2.93 bits per heavy atom. The zero-order chi connectivity index (χ0) is 20.7. The van der Waals surface area contributed by atoms with Crippen LogP contribution in [0.5, 0.6) is 0 Å². The minimum absolute atomic E-state index is 0.0112. The van der Waals surface area contributed by atoms with Crippen LogP contribution in [0.3, 0.4) is 0 Å². The van der Waals surface area contributed by atoms with Crippen LogP contribution in [0, 0.1) is 11.3 Å². The van der Waals surface area contributed by atoms with Gasteiger partial charge in [0.25, 0.3) is 0 Å². The molecule has 1 amide bonds. The average Bonchev–Trinajstić information content (AvgIpc) is 3.38. The summed E-state index contributed by atoms with van der Waals surface area (Å²) >= 11 is 3.62. The number of hydrogen-bond acceptors (Lipinski definition) is 7. The van der Waals surface area contributed by atoms with Crippen molar-refractivity contribution >= 4 is 38.6 Å². The second-order valence-electron chi connectivity index (χ2n) is 8.54. The van der Waals surface area contributed by atoms with Crippen molar-refractivity contribution in [3.63, 3.8) is 0 Å². The third kappa shape index (κ3) is 3.68. The van der Waals surface area contributed by atoms with Gasteiger partial charge in [-0.1, -0.05) is 0 Å². The van der Waals surface area contributed by atoms with Crippen LogP contribution in [0.25, 0.3) is 11.0 Å². The molecule has 9 heteroatoms. The van der Waals surface area contributed by atoms with Gasteiger partial charge in [-0.15, -0.1) is 0 Å². The molecular formula is C21H24BrN5O3. The maximum atomic E-state index is 11.4. The Balaban J connectivity index is 1.18. The van der Waals surface area contributed by atoms with E-state index in [1.54, 1.807) is 12.3 Å². The van der Waals surface area contributed by atoms with Crippen molar-refractivity contribution in [3.8, 4) is 6.07 Å². The Morgan fingerprint density at radius 2 is 2.20 bits per heavy atom. The van der Waals surface area contributed by atoms with E-state index in [2.05, 4.69) is 36.4 Å². The number of nitriles is 1. The van der Waals surface area contributed by atoms with Crippen LogP contribution >= 0.6 is 15.9 Å². The molecule has 3 aliphatic rings. The molecule has 0 radical (unpaired) electrons. The van der Waals surface area contributed by atoms with Crippen molar-refractivity contribution < 1.29 is 13.9 Å². The number of anilines is 1. The first-order valence-electron chi connectivity index (χ1n) is 10.4. The van der Waals surface area contributed by atoms with Gasteiger partial charge in [-0.2, -0.15) is 5.26 Å². The fourth-order valence-electron chi connectivity index (χ4n) is 4.94. The highest BCUT2D eigenvalue weighted by molar-refractivity contribution is 9.10. The molecule has 1 spiro atoms. The molecule has 0 aromatic carbocycles. The van der Waals surface area contributed by atoms with Crippen molar-refractivity contribution in [1.82, 2.24) is 15.2 Å². The molecule has 158 valence electrons. The number of fused-ring (bicyclic) bond motifs is 1.